The van der Waals surface area contributed by atoms with Crippen molar-refractivity contribution in [1.82, 2.24) is 0 Å². The zero-order valence-electron chi connectivity index (χ0n) is 14.9. The van der Waals surface area contributed by atoms with Crippen molar-refractivity contribution in [3.8, 4) is 0 Å². The summed E-state index contributed by atoms with van der Waals surface area (Å²) in [4.78, 5) is 9.48. The lowest BCUT2D eigenvalue weighted by atomic mass is 9.87. The Kier molecular flexibility index (Phi) is 8.18. The second-order valence-electron chi connectivity index (χ2n) is 7.07. The highest BCUT2D eigenvalue weighted by Crippen LogP contribution is 2.52. The average molecular weight is 364 g/mol. The molecule has 2 aliphatic heterocycles. The number of aliphatic hydroxyl groups excluding tert-OH is 1. The second kappa shape index (κ2) is 9.65. The molecule has 2 N–H and O–H groups in total. The maximum atomic E-state index is 11.6. The molecular weight excluding hydrogens is 331 g/mol. The van der Waals surface area contributed by atoms with Crippen molar-refractivity contribution in [3.05, 3.63) is 0 Å². The summed E-state index contributed by atoms with van der Waals surface area (Å²) in [5.74, 6) is 0.260. The van der Waals surface area contributed by atoms with Crippen LogP contribution in [0.4, 0.5) is 0 Å². The van der Waals surface area contributed by atoms with Crippen LogP contribution in [0.1, 0.15) is 71.6 Å². The number of unbranched alkanes of at least 4 members (excludes halogenated alkanes) is 5. The van der Waals surface area contributed by atoms with Crippen molar-refractivity contribution in [1.29, 1.82) is 0 Å². The number of rotatable bonds is 10. The Hall–Kier alpha value is 0.0300. The van der Waals surface area contributed by atoms with E-state index in [1.165, 1.54) is 25.7 Å². The van der Waals surface area contributed by atoms with Crippen molar-refractivity contribution in [2.75, 3.05) is 6.61 Å². The molecule has 0 aromatic heterocycles. The van der Waals surface area contributed by atoms with Gasteiger partial charge in [-0.1, -0.05) is 58.8 Å². The fourth-order valence-electron chi connectivity index (χ4n) is 3.74. The number of phosphoric acid groups is 1. The summed E-state index contributed by atoms with van der Waals surface area (Å²) >= 11 is 0. The minimum atomic E-state index is -4.05. The third-order valence-electron chi connectivity index (χ3n) is 5.10. The summed E-state index contributed by atoms with van der Waals surface area (Å²) in [6.07, 6.45) is 7.82. The Balaban J connectivity index is 1.95. The number of phosphoric ester groups is 1. The van der Waals surface area contributed by atoms with Gasteiger partial charge >= 0.3 is 7.82 Å². The fraction of sp³-hybridized carbons (Fsp3) is 1.00. The maximum absolute atomic E-state index is 11.6. The van der Waals surface area contributed by atoms with E-state index in [4.69, 9.17) is 13.8 Å². The molecule has 2 rings (SSSR count). The van der Waals surface area contributed by atoms with Crippen LogP contribution in [0.5, 0.6) is 0 Å². The number of aliphatic hydroxyl groups is 1. The molecule has 0 bridgehead atoms. The molecule has 2 fully saturated rings. The Labute approximate surface area is 145 Å². The van der Waals surface area contributed by atoms with Gasteiger partial charge in [-0.2, -0.15) is 0 Å². The van der Waals surface area contributed by atoms with E-state index in [2.05, 4.69) is 13.8 Å². The van der Waals surface area contributed by atoms with Crippen LogP contribution in [-0.2, 0) is 18.3 Å². The molecular formula is C17H33O6P. The van der Waals surface area contributed by atoms with Crippen molar-refractivity contribution >= 4 is 7.82 Å². The van der Waals surface area contributed by atoms with Crippen LogP contribution in [0.25, 0.3) is 0 Å². The van der Waals surface area contributed by atoms with E-state index >= 15 is 0 Å². The lowest BCUT2D eigenvalue weighted by Gasteiger charge is -2.28. The summed E-state index contributed by atoms with van der Waals surface area (Å²) in [6.45, 7) is 4.37. The van der Waals surface area contributed by atoms with E-state index in [0.29, 0.717) is 0 Å². The van der Waals surface area contributed by atoms with E-state index in [1.807, 2.05) is 0 Å². The van der Waals surface area contributed by atoms with E-state index in [9.17, 15) is 14.6 Å². The van der Waals surface area contributed by atoms with Gasteiger partial charge in [0.1, 0.15) is 18.3 Å². The number of ether oxygens (including phenoxy) is 1. The van der Waals surface area contributed by atoms with E-state index in [1.54, 1.807) is 0 Å². The minimum absolute atomic E-state index is 0.00349. The quantitative estimate of drug-likeness (QED) is 0.453. The van der Waals surface area contributed by atoms with Crippen molar-refractivity contribution < 1.29 is 28.3 Å². The van der Waals surface area contributed by atoms with Gasteiger partial charge in [-0.25, -0.2) is 4.57 Å². The van der Waals surface area contributed by atoms with Gasteiger partial charge in [-0.15, -0.1) is 0 Å². The zero-order valence-corrected chi connectivity index (χ0v) is 15.8. The summed E-state index contributed by atoms with van der Waals surface area (Å²) < 4.78 is 27.5. The molecule has 0 aliphatic carbocycles. The zero-order chi connectivity index (χ0) is 17.6. The van der Waals surface area contributed by atoms with Gasteiger partial charge in [0.05, 0.1) is 12.7 Å². The van der Waals surface area contributed by atoms with Crippen LogP contribution in [0, 0.1) is 5.92 Å². The average Bonchev–Trinajstić information content (AvgIpc) is 2.85. The highest BCUT2D eigenvalue weighted by molar-refractivity contribution is 7.47. The number of hydrogen-bond acceptors (Lipinski definition) is 5. The van der Waals surface area contributed by atoms with Gasteiger partial charge in [-0.3, -0.25) is 9.05 Å². The largest absolute Gasteiger partial charge is 0.472 e. The standard InChI is InChI=1S/C17H33O6P/c1-3-5-7-9-11-13(10-8-6-4-2)16-15(18)17-14(22-16)12-21-24(19,20)23-17/h13-18H,3-12H2,1-2H3,(H,19,20). The first-order valence-corrected chi connectivity index (χ1v) is 11.0. The summed E-state index contributed by atoms with van der Waals surface area (Å²) in [5.41, 5.74) is 0. The molecule has 0 aromatic rings. The lowest BCUT2D eigenvalue weighted by molar-refractivity contribution is -0.0639. The molecule has 6 atom stereocenters. The van der Waals surface area contributed by atoms with Gasteiger partial charge in [0, 0.05) is 0 Å². The Morgan fingerprint density at radius 1 is 1.08 bits per heavy atom. The van der Waals surface area contributed by atoms with E-state index < -0.39 is 26.1 Å². The monoisotopic (exact) mass is 364 g/mol. The summed E-state index contributed by atoms with van der Waals surface area (Å²) in [7, 11) is -4.05. The lowest BCUT2D eigenvalue weighted by Crippen LogP contribution is -2.40. The summed E-state index contributed by atoms with van der Waals surface area (Å²) in [5, 5.41) is 10.6. The van der Waals surface area contributed by atoms with Gasteiger partial charge in [-0.05, 0) is 18.8 Å². The fourth-order valence-corrected chi connectivity index (χ4v) is 4.70. The van der Waals surface area contributed by atoms with Crippen LogP contribution < -0.4 is 0 Å². The first-order valence-electron chi connectivity index (χ1n) is 9.47. The predicted molar refractivity (Wildman–Crippen MR) is 91.7 cm³/mol. The van der Waals surface area contributed by atoms with Crippen molar-refractivity contribution in [3.63, 3.8) is 0 Å². The van der Waals surface area contributed by atoms with E-state index in [-0.39, 0.29) is 18.6 Å². The Morgan fingerprint density at radius 3 is 2.38 bits per heavy atom. The summed E-state index contributed by atoms with van der Waals surface area (Å²) in [6, 6.07) is 0. The highest BCUT2D eigenvalue weighted by Gasteiger charge is 2.53. The molecule has 2 aliphatic rings. The number of hydrogen-bond donors (Lipinski definition) is 2. The molecule has 7 heteroatoms. The molecule has 0 aromatic carbocycles. The topological polar surface area (TPSA) is 85.2 Å². The molecule has 0 amide bonds. The molecule has 6 nitrogen and oxygen atoms in total. The van der Waals surface area contributed by atoms with Gasteiger partial charge < -0.3 is 14.7 Å². The third-order valence-corrected chi connectivity index (χ3v) is 6.09. The van der Waals surface area contributed by atoms with Crippen LogP contribution in [0.15, 0.2) is 0 Å². The molecule has 6 unspecified atom stereocenters. The first-order chi connectivity index (χ1) is 11.5. The van der Waals surface area contributed by atoms with Crippen molar-refractivity contribution in [2.24, 2.45) is 5.92 Å². The molecule has 0 radical (unpaired) electrons. The smallest absolute Gasteiger partial charge is 0.388 e. The highest BCUT2D eigenvalue weighted by atomic mass is 31.2. The van der Waals surface area contributed by atoms with Crippen molar-refractivity contribution in [2.45, 2.75) is 96.1 Å². The first kappa shape index (κ1) is 20.3. The van der Waals surface area contributed by atoms with Crippen LogP contribution >= 0.6 is 7.82 Å². The molecule has 142 valence electrons. The Bertz CT molecular complexity index is 418. The van der Waals surface area contributed by atoms with Gasteiger partial charge in [0.2, 0.25) is 0 Å². The van der Waals surface area contributed by atoms with Crippen LogP contribution in [0.2, 0.25) is 0 Å². The second-order valence-corrected chi connectivity index (χ2v) is 8.48. The van der Waals surface area contributed by atoms with Gasteiger partial charge in [0.25, 0.3) is 0 Å². The molecule has 0 spiro atoms. The van der Waals surface area contributed by atoms with Crippen LogP contribution in [-0.4, -0.2) is 41.0 Å². The predicted octanol–water partition coefficient (Wildman–Crippen LogP) is 3.80. The molecule has 24 heavy (non-hydrogen) atoms. The molecule has 2 heterocycles. The van der Waals surface area contributed by atoms with Gasteiger partial charge in [0.15, 0.2) is 0 Å². The van der Waals surface area contributed by atoms with Crippen LogP contribution in [0.3, 0.4) is 0 Å². The minimum Gasteiger partial charge on any atom is -0.388 e. The van der Waals surface area contributed by atoms with E-state index in [0.717, 1.165) is 32.1 Å². The Morgan fingerprint density at radius 2 is 1.71 bits per heavy atom. The number of fused-ring (bicyclic) bond motifs is 1. The molecule has 0 saturated carbocycles. The normalized spacial score (nSPS) is 37.3. The third kappa shape index (κ3) is 5.52. The maximum Gasteiger partial charge on any atom is 0.472 e. The SMILES string of the molecule is CCCCCCC(CCCCC)C1OC2COP(=O)(O)OC2C1O. The molecule has 2 saturated heterocycles.